The first-order chi connectivity index (χ1) is 12.6. The third-order valence-electron chi connectivity index (χ3n) is 4.88. The lowest BCUT2D eigenvalue weighted by Crippen LogP contribution is -2.36. The smallest absolute Gasteiger partial charge is 0.350 e. The van der Waals surface area contributed by atoms with Crippen molar-refractivity contribution in [2.75, 3.05) is 6.54 Å². The van der Waals surface area contributed by atoms with E-state index in [1.807, 2.05) is 30.3 Å². The summed E-state index contributed by atoms with van der Waals surface area (Å²) in [6.45, 7) is 0.965. The van der Waals surface area contributed by atoms with Gasteiger partial charge in [-0.25, -0.2) is 9.48 Å². The predicted octanol–water partition coefficient (Wildman–Crippen LogP) is 2.39. The van der Waals surface area contributed by atoms with Crippen LogP contribution in [-0.4, -0.2) is 26.6 Å². The van der Waals surface area contributed by atoms with Gasteiger partial charge in [-0.1, -0.05) is 29.8 Å². The molecule has 1 saturated carbocycles. The van der Waals surface area contributed by atoms with E-state index in [4.69, 9.17) is 11.6 Å². The van der Waals surface area contributed by atoms with Crippen molar-refractivity contribution in [3.05, 3.63) is 69.7 Å². The van der Waals surface area contributed by atoms with Gasteiger partial charge in [-0.15, -0.1) is 5.10 Å². The second-order valence-corrected chi connectivity index (χ2v) is 7.07. The molecule has 0 saturated heterocycles. The maximum atomic E-state index is 12.6. The van der Waals surface area contributed by atoms with Crippen LogP contribution in [0.1, 0.15) is 24.8 Å². The van der Waals surface area contributed by atoms with Gasteiger partial charge in [-0.3, -0.25) is 9.20 Å². The van der Waals surface area contributed by atoms with Crippen LogP contribution in [0.5, 0.6) is 0 Å². The zero-order chi connectivity index (χ0) is 18.1. The lowest BCUT2D eigenvalue weighted by Gasteiger charge is -2.16. The summed E-state index contributed by atoms with van der Waals surface area (Å²) in [5.74, 6) is 0.0297. The predicted molar refractivity (Wildman–Crippen MR) is 99.4 cm³/mol. The Morgan fingerprint density at radius 1 is 1.23 bits per heavy atom. The molecule has 1 N–H and O–H groups in total. The first-order valence-corrected chi connectivity index (χ1v) is 9.06. The van der Waals surface area contributed by atoms with Gasteiger partial charge >= 0.3 is 5.69 Å². The summed E-state index contributed by atoms with van der Waals surface area (Å²) in [4.78, 5) is 24.8. The van der Waals surface area contributed by atoms with E-state index in [0.29, 0.717) is 30.2 Å². The van der Waals surface area contributed by atoms with Crippen molar-refractivity contribution in [3.8, 4) is 0 Å². The number of hydrogen-bond donors (Lipinski definition) is 1. The third-order valence-corrected chi connectivity index (χ3v) is 5.12. The highest BCUT2D eigenvalue weighted by Crippen LogP contribution is 2.48. The molecule has 1 aromatic carbocycles. The average Bonchev–Trinajstić information content (AvgIpc) is 3.40. The molecule has 1 fully saturated rings. The fraction of sp³-hybridized carbons (Fsp3) is 0.316. The van der Waals surface area contributed by atoms with Gasteiger partial charge in [0.1, 0.15) is 0 Å². The van der Waals surface area contributed by atoms with Gasteiger partial charge in [-0.2, -0.15) is 0 Å². The molecule has 7 heteroatoms. The van der Waals surface area contributed by atoms with Crippen molar-refractivity contribution in [3.63, 3.8) is 0 Å². The molecular formula is C19H19ClN4O2. The average molecular weight is 371 g/mol. The van der Waals surface area contributed by atoms with E-state index in [-0.39, 0.29) is 11.6 Å². The minimum atomic E-state index is -0.440. The van der Waals surface area contributed by atoms with E-state index in [0.717, 1.165) is 18.4 Å². The highest BCUT2D eigenvalue weighted by molar-refractivity contribution is 6.30. The number of fused-ring (bicyclic) bond motifs is 1. The molecule has 0 unspecified atom stereocenters. The summed E-state index contributed by atoms with van der Waals surface area (Å²) in [6.07, 6.45) is 4.02. The van der Waals surface area contributed by atoms with Crippen LogP contribution in [0.25, 0.3) is 5.65 Å². The van der Waals surface area contributed by atoms with Crippen LogP contribution in [0.3, 0.4) is 0 Å². The van der Waals surface area contributed by atoms with Crippen molar-refractivity contribution in [1.29, 1.82) is 0 Å². The van der Waals surface area contributed by atoms with Crippen LogP contribution >= 0.6 is 11.6 Å². The molecule has 1 aliphatic rings. The summed E-state index contributed by atoms with van der Waals surface area (Å²) < 4.78 is 2.95. The topological polar surface area (TPSA) is 68.4 Å². The molecule has 4 rings (SSSR count). The summed E-state index contributed by atoms with van der Waals surface area (Å²) in [5, 5.41) is 7.93. The zero-order valence-electron chi connectivity index (χ0n) is 14.2. The molecule has 2 aromatic heterocycles. The number of benzene rings is 1. The number of carbonyl (C=O) groups is 1. The molecular weight excluding hydrogens is 352 g/mol. The Morgan fingerprint density at radius 2 is 2.08 bits per heavy atom. The molecule has 0 spiro atoms. The van der Waals surface area contributed by atoms with E-state index in [2.05, 4.69) is 10.4 Å². The zero-order valence-corrected chi connectivity index (χ0v) is 14.9. The largest absolute Gasteiger partial charge is 0.355 e. The van der Waals surface area contributed by atoms with Gasteiger partial charge in [0.2, 0.25) is 5.91 Å². The van der Waals surface area contributed by atoms with Crippen molar-refractivity contribution in [2.24, 2.45) is 0 Å². The van der Waals surface area contributed by atoms with Crippen molar-refractivity contribution in [2.45, 2.75) is 31.2 Å². The number of aryl methyl sites for hydroxylation is 1. The molecule has 0 bridgehead atoms. The molecule has 2 heterocycles. The van der Waals surface area contributed by atoms with Gasteiger partial charge in [0.05, 0.1) is 5.41 Å². The second-order valence-electron chi connectivity index (χ2n) is 6.64. The Balaban J connectivity index is 1.35. The van der Waals surface area contributed by atoms with Gasteiger partial charge in [0, 0.05) is 24.3 Å². The van der Waals surface area contributed by atoms with E-state index in [9.17, 15) is 9.59 Å². The number of carbonyl (C=O) groups excluding carboxylic acids is 1. The molecule has 0 aliphatic heterocycles. The Morgan fingerprint density at radius 3 is 2.81 bits per heavy atom. The highest BCUT2D eigenvalue weighted by atomic mass is 35.5. The minimum Gasteiger partial charge on any atom is -0.355 e. The summed E-state index contributed by atoms with van der Waals surface area (Å²) in [7, 11) is 0. The fourth-order valence-electron chi connectivity index (χ4n) is 3.27. The Kier molecular flexibility index (Phi) is 4.28. The molecule has 3 aromatic rings. The molecule has 1 amide bonds. The molecule has 134 valence electrons. The van der Waals surface area contributed by atoms with Crippen molar-refractivity contribution >= 4 is 23.2 Å². The van der Waals surface area contributed by atoms with Crippen LogP contribution in [0, 0.1) is 0 Å². The molecule has 6 nitrogen and oxygen atoms in total. The van der Waals surface area contributed by atoms with Crippen LogP contribution in [-0.2, 0) is 16.8 Å². The summed E-state index contributed by atoms with van der Waals surface area (Å²) >= 11 is 6.05. The number of aromatic nitrogens is 3. The van der Waals surface area contributed by atoms with E-state index >= 15 is 0 Å². The SMILES string of the molecule is O=C(NCCCn1nc2ccccn2c1=O)C1(c2cccc(Cl)c2)CC1. The number of amides is 1. The molecule has 0 atom stereocenters. The summed E-state index contributed by atoms with van der Waals surface area (Å²) in [6, 6.07) is 12.9. The van der Waals surface area contributed by atoms with Gasteiger partial charge < -0.3 is 5.32 Å². The standard InChI is InChI=1S/C19H19ClN4O2/c20-15-6-3-5-14(13-15)19(8-9-19)17(25)21-10-4-12-24-18(26)23-11-2-1-7-16(23)22-24/h1-3,5-7,11,13H,4,8-10,12H2,(H,21,25). The first-order valence-electron chi connectivity index (χ1n) is 8.69. The fourth-order valence-corrected chi connectivity index (χ4v) is 3.46. The Labute approximate surface area is 155 Å². The van der Waals surface area contributed by atoms with Crippen LogP contribution in [0.15, 0.2) is 53.5 Å². The van der Waals surface area contributed by atoms with E-state index < -0.39 is 5.41 Å². The lowest BCUT2D eigenvalue weighted by molar-refractivity contribution is -0.123. The third kappa shape index (κ3) is 3.01. The number of rotatable bonds is 6. The van der Waals surface area contributed by atoms with Crippen LogP contribution < -0.4 is 11.0 Å². The lowest BCUT2D eigenvalue weighted by atomic mass is 9.95. The Bertz CT molecular complexity index is 1020. The number of pyridine rings is 1. The quantitative estimate of drug-likeness (QED) is 0.677. The second kappa shape index (κ2) is 6.61. The maximum Gasteiger partial charge on any atom is 0.350 e. The monoisotopic (exact) mass is 370 g/mol. The molecule has 0 radical (unpaired) electrons. The number of hydrogen-bond acceptors (Lipinski definition) is 3. The maximum absolute atomic E-state index is 12.6. The van der Waals surface area contributed by atoms with Gasteiger partial charge in [-0.05, 0) is 49.1 Å². The van der Waals surface area contributed by atoms with Gasteiger partial charge in [0.15, 0.2) is 5.65 Å². The van der Waals surface area contributed by atoms with Gasteiger partial charge in [0.25, 0.3) is 0 Å². The number of halogens is 1. The van der Waals surface area contributed by atoms with Crippen LogP contribution in [0.4, 0.5) is 0 Å². The summed E-state index contributed by atoms with van der Waals surface area (Å²) in [5.41, 5.74) is 0.994. The van der Waals surface area contributed by atoms with E-state index in [1.54, 1.807) is 18.3 Å². The number of nitrogens with zero attached hydrogens (tertiary/aromatic N) is 3. The molecule has 1 aliphatic carbocycles. The van der Waals surface area contributed by atoms with Crippen molar-refractivity contribution in [1.82, 2.24) is 19.5 Å². The molecule has 26 heavy (non-hydrogen) atoms. The number of nitrogens with one attached hydrogen (secondary N) is 1. The Hall–Kier alpha value is -2.60. The van der Waals surface area contributed by atoms with Crippen molar-refractivity contribution < 1.29 is 4.79 Å². The first kappa shape index (κ1) is 16.8. The van der Waals surface area contributed by atoms with E-state index in [1.165, 1.54) is 9.08 Å². The minimum absolute atomic E-state index is 0.0297. The van der Waals surface area contributed by atoms with Crippen LogP contribution in [0.2, 0.25) is 5.02 Å². The highest BCUT2D eigenvalue weighted by Gasteiger charge is 2.51. The normalized spacial score (nSPS) is 15.1.